The maximum atomic E-state index is 15.1. The molecule has 7 rings (SSSR count). The second kappa shape index (κ2) is 10.9. The van der Waals surface area contributed by atoms with Gasteiger partial charge in [0.2, 0.25) is 5.91 Å². The van der Waals surface area contributed by atoms with E-state index < -0.39 is 83.0 Å². The smallest absolute Gasteiger partial charge is 0.293 e. The van der Waals surface area contributed by atoms with Gasteiger partial charge in [-0.3, -0.25) is 19.4 Å². The third kappa shape index (κ3) is 5.26. The molecule has 0 aliphatic heterocycles. The molecule has 0 radical (unpaired) electrons. The number of carbonyl (C=O) groups excluding carboxylic acids is 2. The van der Waals surface area contributed by atoms with Crippen LogP contribution in [0, 0.1) is 23.4 Å². The van der Waals surface area contributed by atoms with Crippen LogP contribution in [0.25, 0.3) is 22.2 Å². The number of benzene rings is 2. The van der Waals surface area contributed by atoms with Crippen molar-refractivity contribution in [3.63, 3.8) is 0 Å². The summed E-state index contributed by atoms with van der Waals surface area (Å²) in [7, 11) is 0. The number of alkyl halides is 4. The zero-order chi connectivity index (χ0) is 33.4. The molecule has 3 heterocycles. The van der Waals surface area contributed by atoms with Crippen LogP contribution < -0.4 is 11.1 Å². The third-order valence-corrected chi connectivity index (χ3v) is 8.48. The van der Waals surface area contributed by atoms with Crippen LogP contribution in [0.2, 0.25) is 0 Å². The predicted molar refractivity (Wildman–Crippen MR) is 151 cm³/mol. The predicted octanol–water partition coefficient (Wildman–Crippen LogP) is 5.58. The van der Waals surface area contributed by atoms with E-state index in [-0.39, 0.29) is 46.3 Å². The van der Waals surface area contributed by atoms with Crippen LogP contribution in [-0.2, 0) is 23.7 Å². The van der Waals surface area contributed by atoms with Crippen LogP contribution in [0.5, 0.6) is 0 Å². The molecule has 0 bridgehead atoms. The van der Waals surface area contributed by atoms with E-state index in [1.807, 2.05) is 0 Å². The van der Waals surface area contributed by atoms with Gasteiger partial charge in [-0.1, -0.05) is 6.07 Å². The summed E-state index contributed by atoms with van der Waals surface area (Å²) in [4.78, 5) is 30.1. The zero-order valence-corrected chi connectivity index (χ0v) is 23.9. The Morgan fingerprint density at radius 2 is 1.81 bits per heavy atom. The quantitative estimate of drug-likeness (QED) is 0.178. The van der Waals surface area contributed by atoms with E-state index in [4.69, 9.17) is 5.73 Å². The molecule has 47 heavy (non-hydrogen) atoms. The largest absolute Gasteiger partial charge is 0.366 e. The number of carbonyl (C=O) groups is 2. The maximum absolute atomic E-state index is 15.1. The van der Waals surface area contributed by atoms with E-state index >= 15 is 8.78 Å². The number of H-pyrrole nitrogens is 1. The molecule has 3 aromatic heterocycles. The van der Waals surface area contributed by atoms with Crippen molar-refractivity contribution >= 4 is 22.8 Å². The summed E-state index contributed by atoms with van der Waals surface area (Å²) in [6, 6.07) is 6.45. The number of aromatic nitrogens is 5. The number of primary amides is 1. The van der Waals surface area contributed by atoms with Crippen LogP contribution in [0.3, 0.4) is 0 Å². The van der Waals surface area contributed by atoms with Gasteiger partial charge in [0, 0.05) is 23.1 Å². The minimum atomic E-state index is -3.47. The number of fused-ring (bicyclic) bond motifs is 4. The van der Waals surface area contributed by atoms with Gasteiger partial charge in [0.05, 0.1) is 29.0 Å². The highest BCUT2D eigenvalue weighted by atomic mass is 19.3. The normalized spacial score (nSPS) is 18.3. The highest BCUT2D eigenvalue weighted by Gasteiger charge is 2.67. The Bertz CT molecular complexity index is 2070. The van der Waals surface area contributed by atoms with Crippen LogP contribution in [0.1, 0.15) is 63.4 Å². The Balaban J connectivity index is 1.31. The Morgan fingerprint density at radius 1 is 1.06 bits per heavy atom. The van der Waals surface area contributed by atoms with Crippen molar-refractivity contribution in [3.05, 3.63) is 99.9 Å². The van der Waals surface area contributed by atoms with Crippen LogP contribution in [-0.4, -0.2) is 36.8 Å². The van der Waals surface area contributed by atoms with Gasteiger partial charge in [-0.15, -0.1) is 0 Å². The molecule has 0 spiro atoms. The summed E-state index contributed by atoms with van der Waals surface area (Å²) < 4.78 is 101. The standard InChI is InChI=1S/C31H22F7N7O2/c32-14-3-12(4-15(33)7-14)5-22(41-24(46)11-45-28-25(27(44-45)29(35)36)17-8-19(17)31(28,37)38)26-16(9-21-23(42-26)10-40-43-21)13-1-2-20(34)18(6-13)30(39)47/h1-4,6-7,9-10,17,19,22,29H,5,8,11H2,(H2,39,47)(H,40,43)(H,41,46)/t17-,19+,22?/m0/s1. The van der Waals surface area contributed by atoms with E-state index in [0.717, 1.165) is 24.3 Å². The van der Waals surface area contributed by atoms with Gasteiger partial charge in [-0.25, -0.2) is 26.9 Å². The van der Waals surface area contributed by atoms with Gasteiger partial charge in [-0.05, 0) is 60.2 Å². The lowest BCUT2D eigenvalue weighted by Gasteiger charge is -2.23. The summed E-state index contributed by atoms with van der Waals surface area (Å²) in [5.41, 5.74) is 4.35. The maximum Gasteiger partial charge on any atom is 0.293 e. The molecule has 1 saturated carbocycles. The first-order valence-corrected chi connectivity index (χ1v) is 14.3. The third-order valence-electron chi connectivity index (χ3n) is 8.48. The Morgan fingerprint density at radius 3 is 2.51 bits per heavy atom. The topological polar surface area (TPSA) is 132 Å². The average Bonchev–Trinajstić information content (AvgIpc) is 3.41. The first kappa shape index (κ1) is 30.4. The molecule has 2 aromatic carbocycles. The fourth-order valence-corrected chi connectivity index (χ4v) is 6.41. The van der Waals surface area contributed by atoms with E-state index in [0.29, 0.717) is 16.3 Å². The highest BCUT2D eigenvalue weighted by Crippen LogP contribution is 2.68. The Hall–Kier alpha value is -5.28. The van der Waals surface area contributed by atoms with E-state index in [2.05, 4.69) is 25.6 Å². The van der Waals surface area contributed by atoms with Crippen molar-refractivity contribution in [2.75, 3.05) is 0 Å². The highest BCUT2D eigenvalue weighted by molar-refractivity contribution is 5.95. The van der Waals surface area contributed by atoms with E-state index in [1.54, 1.807) is 0 Å². The Labute approximate surface area is 260 Å². The van der Waals surface area contributed by atoms with Crippen LogP contribution in [0.15, 0.2) is 48.7 Å². The van der Waals surface area contributed by atoms with Gasteiger partial charge in [0.15, 0.2) is 0 Å². The van der Waals surface area contributed by atoms with Gasteiger partial charge in [0.1, 0.15) is 40.9 Å². The van der Waals surface area contributed by atoms with Crippen molar-refractivity contribution < 1.29 is 40.3 Å². The van der Waals surface area contributed by atoms with Crippen molar-refractivity contribution in [2.45, 2.75) is 43.7 Å². The van der Waals surface area contributed by atoms with E-state index in [1.165, 1.54) is 18.3 Å². The summed E-state index contributed by atoms with van der Waals surface area (Å²) in [6.07, 6.45) is -2.05. The SMILES string of the molecule is NC(=O)c1cc(-c2cc3[nH]ncc3nc2C(Cc2cc(F)cc(F)c2)NC(=O)Cn2nc(C(F)F)c3c2C(F)(F)[C@@H]2C[C@H]32)ccc1F. The Kier molecular flexibility index (Phi) is 7.05. The molecule has 1 fully saturated rings. The van der Waals surface area contributed by atoms with Gasteiger partial charge in [0.25, 0.3) is 18.3 Å². The fourth-order valence-electron chi connectivity index (χ4n) is 6.41. The minimum absolute atomic E-state index is 0.0374. The number of aromatic amines is 1. The van der Waals surface area contributed by atoms with Crippen molar-refractivity contribution in [1.29, 1.82) is 0 Å². The van der Waals surface area contributed by atoms with E-state index in [9.17, 15) is 31.5 Å². The molecule has 1 unspecified atom stereocenters. The number of nitrogens with two attached hydrogens (primary N) is 1. The first-order valence-electron chi connectivity index (χ1n) is 14.3. The molecule has 5 aromatic rings. The molecular formula is C31H22F7N7O2. The number of rotatable bonds is 9. The molecule has 242 valence electrons. The number of nitrogens with one attached hydrogen (secondary N) is 2. The summed E-state index contributed by atoms with van der Waals surface area (Å²) in [5.74, 6) is -10.1. The minimum Gasteiger partial charge on any atom is -0.366 e. The summed E-state index contributed by atoms with van der Waals surface area (Å²) in [5, 5.41) is 13.0. The number of halogens is 7. The van der Waals surface area contributed by atoms with Crippen molar-refractivity contribution in [3.8, 4) is 11.1 Å². The second-order valence-corrected chi connectivity index (χ2v) is 11.6. The van der Waals surface area contributed by atoms with Gasteiger partial charge >= 0.3 is 0 Å². The molecule has 4 N–H and O–H groups in total. The molecular weight excluding hydrogens is 635 g/mol. The second-order valence-electron chi connectivity index (χ2n) is 11.6. The summed E-state index contributed by atoms with van der Waals surface area (Å²) in [6.45, 7) is -0.885. The van der Waals surface area contributed by atoms with Crippen LogP contribution in [0.4, 0.5) is 30.7 Å². The number of amides is 2. The molecule has 0 saturated heterocycles. The molecule has 9 nitrogen and oxygen atoms in total. The zero-order valence-electron chi connectivity index (χ0n) is 23.9. The number of nitrogens with zero attached hydrogens (tertiary/aromatic N) is 4. The molecule has 3 atom stereocenters. The lowest BCUT2D eigenvalue weighted by molar-refractivity contribution is -0.123. The lowest BCUT2D eigenvalue weighted by Crippen LogP contribution is -2.35. The lowest BCUT2D eigenvalue weighted by atomic mass is 9.94. The molecule has 2 aliphatic carbocycles. The molecule has 16 heteroatoms. The number of pyridine rings is 1. The number of hydrogen-bond donors (Lipinski definition) is 3. The first-order chi connectivity index (χ1) is 22.3. The average molecular weight is 658 g/mol. The molecule has 2 amide bonds. The summed E-state index contributed by atoms with van der Waals surface area (Å²) >= 11 is 0. The monoisotopic (exact) mass is 657 g/mol. The fraction of sp³-hybridized carbons (Fsp3) is 0.258. The van der Waals surface area contributed by atoms with Crippen molar-refractivity contribution in [2.24, 2.45) is 11.7 Å². The van der Waals surface area contributed by atoms with Gasteiger partial charge in [-0.2, -0.15) is 19.0 Å². The van der Waals surface area contributed by atoms with Crippen molar-refractivity contribution in [1.82, 2.24) is 30.3 Å². The number of hydrogen-bond acceptors (Lipinski definition) is 5. The molecule has 2 aliphatic rings. The van der Waals surface area contributed by atoms with Gasteiger partial charge < -0.3 is 11.1 Å². The van der Waals surface area contributed by atoms with Crippen LogP contribution >= 0.6 is 0 Å².